The average molecular weight is 265 g/mol. The topological polar surface area (TPSA) is 20.3 Å². The molecular formula is C17H31NO. The van der Waals surface area contributed by atoms with E-state index in [-0.39, 0.29) is 0 Å². The van der Waals surface area contributed by atoms with Gasteiger partial charge in [0.25, 0.3) is 0 Å². The maximum absolute atomic E-state index is 11.5. The van der Waals surface area contributed by atoms with E-state index >= 15 is 0 Å². The van der Waals surface area contributed by atoms with E-state index < -0.39 is 0 Å². The minimum absolute atomic E-state index is 0.514. The Balaban J connectivity index is 1.51. The summed E-state index contributed by atoms with van der Waals surface area (Å²) in [5.74, 6) is 0.514. The van der Waals surface area contributed by atoms with Gasteiger partial charge in [0, 0.05) is 24.9 Å². The van der Waals surface area contributed by atoms with Crippen LogP contribution >= 0.6 is 0 Å². The van der Waals surface area contributed by atoms with Crippen molar-refractivity contribution in [2.45, 2.75) is 96.1 Å². The van der Waals surface area contributed by atoms with Gasteiger partial charge in [-0.1, -0.05) is 51.9 Å². The van der Waals surface area contributed by atoms with E-state index in [1.165, 1.54) is 70.8 Å². The molecule has 110 valence electrons. The maximum atomic E-state index is 11.5. The lowest BCUT2D eigenvalue weighted by Gasteiger charge is -2.33. The monoisotopic (exact) mass is 265 g/mol. The summed E-state index contributed by atoms with van der Waals surface area (Å²) in [5.41, 5.74) is 0. The Kier molecular flexibility index (Phi) is 6.36. The molecule has 2 fully saturated rings. The lowest BCUT2D eigenvalue weighted by molar-refractivity contribution is -0.123. The van der Waals surface area contributed by atoms with E-state index in [9.17, 15) is 4.79 Å². The van der Waals surface area contributed by atoms with Crippen LogP contribution in [0.4, 0.5) is 0 Å². The summed E-state index contributed by atoms with van der Waals surface area (Å²) in [5, 5.41) is 0. The predicted molar refractivity (Wildman–Crippen MR) is 80.4 cm³/mol. The zero-order valence-electron chi connectivity index (χ0n) is 12.7. The molecule has 0 aliphatic carbocycles. The van der Waals surface area contributed by atoms with Crippen molar-refractivity contribution in [2.75, 3.05) is 6.54 Å². The highest BCUT2D eigenvalue weighted by molar-refractivity contribution is 5.80. The number of hydrogen-bond donors (Lipinski definition) is 0. The minimum Gasteiger partial charge on any atom is -0.300 e. The van der Waals surface area contributed by atoms with Crippen LogP contribution in [0.3, 0.4) is 0 Å². The number of carbonyl (C=O) groups excluding carboxylic acids is 1. The third kappa shape index (κ3) is 4.59. The summed E-state index contributed by atoms with van der Waals surface area (Å²) < 4.78 is 0. The highest BCUT2D eigenvalue weighted by Gasteiger charge is 2.39. The minimum atomic E-state index is 0.514. The Morgan fingerprint density at radius 3 is 2.00 bits per heavy atom. The first-order valence-electron chi connectivity index (χ1n) is 8.58. The molecule has 2 nitrogen and oxygen atoms in total. The third-order valence-electron chi connectivity index (χ3n) is 4.97. The van der Waals surface area contributed by atoms with Crippen molar-refractivity contribution in [3.05, 3.63) is 0 Å². The van der Waals surface area contributed by atoms with Crippen LogP contribution < -0.4 is 0 Å². The molecule has 19 heavy (non-hydrogen) atoms. The van der Waals surface area contributed by atoms with Crippen LogP contribution in [0.15, 0.2) is 0 Å². The van der Waals surface area contributed by atoms with Gasteiger partial charge < -0.3 is 0 Å². The van der Waals surface area contributed by atoms with Gasteiger partial charge in [-0.2, -0.15) is 0 Å². The van der Waals surface area contributed by atoms with Crippen molar-refractivity contribution in [3.63, 3.8) is 0 Å². The SMILES string of the molecule is CCCCCCCCCCN1C2CCC1CC(=O)C2. The summed E-state index contributed by atoms with van der Waals surface area (Å²) in [7, 11) is 0. The van der Waals surface area contributed by atoms with Crippen LogP contribution in [0.1, 0.15) is 84.0 Å². The van der Waals surface area contributed by atoms with Crippen molar-refractivity contribution in [2.24, 2.45) is 0 Å². The molecule has 0 saturated carbocycles. The fourth-order valence-electron chi connectivity index (χ4n) is 3.86. The third-order valence-corrected chi connectivity index (χ3v) is 4.97. The second-order valence-corrected chi connectivity index (χ2v) is 6.54. The Bertz CT molecular complexity index is 260. The normalized spacial score (nSPS) is 27.1. The summed E-state index contributed by atoms with van der Waals surface area (Å²) in [4.78, 5) is 14.2. The Hall–Kier alpha value is -0.370. The van der Waals surface area contributed by atoms with Crippen molar-refractivity contribution >= 4 is 5.78 Å². The smallest absolute Gasteiger partial charge is 0.136 e. The molecule has 0 amide bonds. The largest absolute Gasteiger partial charge is 0.300 e. The number of nitrogens with zero attached hydrogens (tertiary/aromatic N) is 1. The summed E-state index contributed by atoms with van der Waals surface area (Å²) in [6, 6.07) is 1.21. The Morgan fingerprint density at radius 2 is 1.42 bits per heavy atom. The zero-order valence-corrected chi connectivity index (χ0v) is 12.7. The predicted octanol–water partition coefficient (Wildman–Crippen LogP) is 4.32. The first-order chi connectivity index (χ1) is 9.31. The molecule has 2 unspecified atom stereocenters. The lowest BCUT2D eigenvalue weighted by atomic mass is 10.0. The number of carbonyl (C=O) groups is 1. The number of unbranched alkanes of at least 4 members (excludes halogenated alkanes) is 7. The van der Waals surface area contributed by atoms with Crippen molar-refractivity contribution in [3.8, 4) is 0 Å². The number of ketones is 1. The number of rotatable bonds is 9. The standard InChI is InChI=1S/C17H31NO/c1-2-3-4-5-6-7-8-9-12-18-15-10-11-16(18)14-17(19)13-15/h15-16H,2-14H2,1H3. The highest BCUT2D eigenvalue weighted by atomic mass is 16.1. The fourth-order valence-corrected chi connectivity index (χ4v) is 3.86. The van der Waals surface area contributed by atoms with Gasteiger partial charge in [-0.15, -0.1) is 0 Å². The molecule has 2 aliphatic heterocycles. The summed E-state index contributed by atoms with van der Waals surface area (Å²) in [6.07, 6.45) is 15.4. The molecule has 2 bridgehead atoms. The first kappa shape index (κ1) is 15.0. The second-order valence-electron chi connectivity index (χ2n) is 6.54. The van der Waals surface area contributed by atoms with E-state index in [1.54, 1.807) is 0 Å². The number of hydrogen-bond acceptors (Lipinski definition) is 2. The van der Waals surface area contributed by atoms with E-state index in [0.29, 0.717) is 17.9 Å². The molecule has 0 N–H and O–H groups in total. The van der Waals surface area contributed by atoms with Gasteiger partial charge in [0.2, 0.25) is 0 Å². The van der Waals surface area contributed by atoms with Crippen LogP contribution in [-0.2, 0) is 4.79 Å². The maximum Gasteiger partial charge on any atom is 0.136 e. The molecule has 2 heteroatoms. The van der Waals surface area contributed by atoms with Gasteiger partial charge in [0.05, 0.1) is 0 Å². The highest BCUT2D eigenvalue weighted by Crippen LogP contribution is 2.33. The van der Waals surface area contributed by atoms with Crippen molar-refractivity contribution in [1.29, 1.82) is 0 Å². The Labute approximate surface area is 118 Å². The van der Waals surface area contributed by atoms with E-state index in [0.717, 1.165) is 12.8 Å². The zero-order chi connectivity index (χ0) is 13.5. The Morgan fingerprint density at radius 1 is 0.895 bits per heavy atom. The van der Waals surface area contributed by atoms with E-state index in [2.05, 4.69) is 11.8 Å². The van der Waals surface area contributed by atoms with Gasteiger partial charge in [-0.3, -0.25) is 9.69 Å². The van der Waals surface area contributed by atoms with Gasteiger partial charge >= 0.3 is 0 Å². The fraction of sp³-hybridized carbons (Fsp3) is 0.941. The van der Waals surface area contributed by atoms with E-state index in [1.807, 2.05) is 0 Å². The molecule has 0 aromatic heterocycles. The summed E-state index contributed by atoms with van der Waals surface area (Å²) in [6.45, 7) is 3.52. The molecule has 0 aromatic rings. The van der Waals surface area contributed by atoms with Crippen LogP contribution in [0.2, 0.25) is 0 Å². The molecule has 2 atom stereocenters. The van der Waals surface area contributed by atoms with Crippen LogP contribution in [-0.4, -0.2) is 29.3 Å². The van der Waals surface area contributed by atoms with Gasteiger partial charge in [0.15, 0.2) is 0 Å². The van der Waals surface area contributed by atoms with Crippen LogP contribution in [0.5, 0.6) is 0 Å². The molecule has 0 aromatic carbocycles. The molecule has 2 aliphatic rings. The second kappa shape index (κ2) is 8.04. The van der Waals surface area contributed by atoms with Gasteiger partial charge in [-0.25, -0.2) is 0 Å². The summed E-state index contributed by atoms with van der Waals surface area (Å²) >= 11 is 0. The molecular weight excluding hydrogens is 234 g/mol. The molecule has 0 radical (unpaired) electrons. The van der Waals surface area contributed by atoms with Gasteiger partial charge in [0.1, 0.15) is 5.78 Å². The van der Waals surface area contributed by atoms with Crippen molar-refractivity contribution in [1.82, 2.24) is 4.90 Å². The van der Waals surface area contributed by atoms with E-state index in [4.69, 9.17) is 0 Å². The van der Waals surface area contributed by atoms with Crippen LogP contribution in [0.25, 0.3) is 0 Å². The molecule has 2 saturated heterocycles. The molecule has 2 rings (SSSR count). The number of fused-ring (bicyclic) bond motifs is 2. The number of piperidine rings is 1. The van der Waals surface area contributed by atoms with Crippen LogP contribution in [0, 0.1) is 0 Å². The quantitative estimate of drug-likeness (QED) is 0.579. The van der Waals surface area contributed by atoms with Crippen molar-refractivity contribution < 1.29 is 4.79 Å². The average Bonchev–Trinajstić information content (AvgIpc) is 2.64. The van der Waals surface area contributed by atoms with Gasteiger partial charge in [-0.05, 0) is 25.8 Å². The lowest BCUT2D eigenvalue weighted by Crippen LogP contribution is -2.43. The first-order valence-corrected chi connectivity index (χ1v) is 8.58. The molecule has 0 spiro atoms. The number of Topliss-reactive ketones (excluding diaryl/α,β-unsaturated/α-hetero) is 1. The molecule has 2 heterocycles.